The molecular formula is C12H14ClN3. The number of nitrogens with one attached hydrogen (secondary N) is 1. The average Bonchev–Trinajstić information content (AvgIpc) is 2.29. The van der Waals surface area contributed by atoms with Gasteiger partial charge in [0.05, 0.1) is 0 Å². The first-order chi connectivity index (χ1) is 7.72. The Balaban J connectivity index is 2.45. The monoisotopic (exact) mass is 235 g/mol. The largest absolute Gasteiger partial charge is 0.398 e. The van der Waals surface area contributed by atoms with Crippen molar-refractivity contribution in [2.24, 2.45) is 0 Å². The van der Waals surface area contributed by atoms with Crippen LogP contribution in [0.15, 0.2) is 24.3 Å². The summed E-state index contributed by atoms with van der Waals surface area (Å²) in [5.74, 6) is 0. The first kappa shape index (κ1) is 11.0. The summed E-state index contributed by atoms with van der Waals surface area (Å²) >= 11 is 6.00. The quantitative estimate of drug-likeness (QED) is 0.471. The lowest BCUT2D eigenvalue weighted by Gasteiger charge is -2.27. The van der Waals surface area contributed by atoms with E-state index in [1.165, 1.54) is 6.21 Å². The van der Waals surface area contributed by atoms with Gasteiger partial charge in [-0.2, -0.15) is 0 Å². The highest BCUT2D eigenvalue weighted by Crippen LogP contribution is 2.29. The highest BCUT2D eigenvalue weighted by atomic mass is 35.5. The molecule has 0 saturated carbocycles. The summed E-state index contributed by atoms with van der Waals surface area (Å²) in [6.07, 6.45) is 6.59. The lowest BCUT2D eigenvalue weighted by molar-refractivity contribution is 0.821. The van der Waals surface area contributed by atoms with E-state index in [0.717, 1.165) is 30.8 Å². The predicted octanol–water partition coefficient (Wildman–Crippen LogP) is 2.69. The number of benzene rings is 1. The van der Waals surface area contributed by atoms with E-state index in [4.69, 9.17) is 22.7 Å². The Hall–Kier alpha value is -1.48. The predicted molar refractivity (Wildman–Crippen MR) is 69.7 cm³/mol. The van der Waals surface area contributed by atoms with Gasteiger partial charge >= 0.3 is 0 Å². The summed E-state index contributed by atoms with van der Waals surface area (Å²) < 4.78 is 0. The number of halogens is 1. The summed E-state index contributed by atoms with van der Waals surface area (Å²) in [5.41, 5.74) is 8.12. The fourth-order valence-electron chi connectivity index (χ4n) is 1.90. The Morgan fingerprint density at radius 3 is 2.81 bits per heavy atom. The third kappa shape index (κ3) is 2.04. The van der Waals surface area contributed by atoms with Crippen LogP contribution in [-0.4, -0.2) is 19.3 Å². The zero-order valence-corrected chi connectivity index (χ0v) is 9.67. The molecule has 4 heteroatoms. The van der Waals surface area contributed by atoms with Gasteiger partial charge in [0.25, 0.3) is 0 Å². The first-order valence-electron chi connectivity index (χ1n) is 5.22. The molecule has 1 aromatic carbocycles. The number of nitrogens with two attached hydrogens (primary N) is 1. The van der Waals surface area contributed by atoms with Crippen LogP contribution < -0.4 is 10.6 Å². The fourth-order valence-corrected chi connectivity index (χ4v) is 2.12. The molecule has 3 nitrogen and oxygen atoms in total. The van der Waals surface area contributed by atoms with Crippen molar-refractivity contribution in [2.45, 2.75) is 6.42 Å². The van der Waals surface area contributed by atoms with Gasteiger partial charge in [0.1, 0.15) is 0 Å². The smallest absolute Gasteiger partial charge is 0.0494 e. The van der Waals surface area contributed by atoms with Crippen LogP contribution in [0.5, 0.6) is 0 Å². The van der Waals surface area contributed by atoms with Gasteiger partial charge in [0.15, 0.2) is 0 Å². The molecule has 1 aromatic rings. The summed E-state index contributed by atoms with van der Waals surface area (Å²) in [6.45, 7) is 1.79. The summed E-state index contributed by atoms with van der Waals surface area (Å²) in [5, 5.41) is 8.04. The van der Waals surface area contributed by atoms with Crippen LogP contribution in [0.2, 0.25) is 5.02 Å². The average molecular weight is 236 g/mol. The van der Waals surface area contributed by atoms with Gasteiger partial charge in [-0.25, -0.2) is 0 Å². The maximum Gasteiger partial charge on any atom is 0.0494 e. The van der Waals surface area contributed by atoms with E-state index >= 15 is 0 Å². The van der Waals surface area contributed by atoms with Gasteiger partial charge in [0.2, 0.25) is 0 Å². The van der Waals surface area contributed by atoms with Crippen molar-refractivity contribution in [2.75, 3.05) is 23.7 Å². The Bertz CT molecular complexity index is 440. The van der Waals surface area contributed by atoms with Gasteiger partial charge in [0, 0.05) is 41.3 Å². The number of anilines is 2. The molecule has 1 aliphatic rings. The van der Waals surface area contributed by atoms with E-state index < -0.39 is 0 Å². The normalized spacial score (nSPS) is 15.2. The van der Waals surface area contributed by atoms with Gasteiger partial charge < -0.3 is 16.0 Å². The standard InChI is InChI=1S/C12H14ClN3/c13-9-6-11(15)10(8-14)12(7-9)16-4-2-1-3-5-16/h1-2,6-8,14H,3-5,15H2. The highest BCUT2D eigenvalue weighted by molar-refractivity contribution is 6.31. The molecule has 0 aliphatic carbocycles. The molecular weight excluding hydrogens is 222 g/mol. The Labute approximate surface area is 100 Å². The van der Waals surface area contributed by atoms with Crippen molar-refractivity contribution in [3.05, 3.63) is 34.9 Å². The third-order valence-electron chi connectivity index (χ3n) is 2.70. The SMILES string of the molecule is N=Cc1c(N)cc(Cl)cc1N1CC=CCC1. The fraction of sp³-hybridized carbons (Fsp3) is 0.250. The van der Waals surface area contributed by atoms with Crippen LogP contribution in [0.25, 0.3) is 0 Å². The summed E-state index contributed by atoms with van der Waals surface area (Å²) in [7, 11) is 0. The molecule has 0 fully saturated rings. The summed E-state index contributed by atoms with van der Waals surface area (Å²) in [4.78, 5) is 2.18. The number of nitrogens with zero attached hydrogens (tertiary/aromatic N) is 1. The van der Waals surface area contributed by atoms with E-state index in [-0.39, 0.29) is 0 Å². The van der Waals surface area contributed by atoms with E-state index in [0.29, 0.717) is 10.7 Å². The maximum atomic E-state index is 7.42. The van der Waals surface area contributed by atoms with Crippen molar-refractivity contribution in [1.82, 2.24) is 0 Å². The lowest BCUT2D eigenvalue weighted by Crippen LogP contribution is -2.28. The first-order valence-corrected chi connectivity index (χ1v) is 5.59. The molecule has 2 rings (SSSR count). The molecule has 0 radical (unpaired) electrons. The van der Waals surface area contributed by atoms with Crippen molar-refractivity contribution in [3.8, 4) is 0 Å². The zero-order valence-electron chi connectivity index (χ0n) is 8.91. The minimum atomic E-state index is 0.562. The number of hydrogen-bond acceptors (Lipinski definition) is 3. The molecule has 0 unspecified atom stereocenters. The van der Waals surface area contributed by atoms with Crippen LogP contribution in [0.1, 0.15) is 12.0 Å². The molecule has 0 amide bonds. The molecule has 84 valence electrons. The molecule has 0 atom stereocenters. The minimum absolute atomic E-state index is 0.562. The second-order valence-corrected chi connectivity index (χ2v) is 4.21. The van der Waals surface area contributed by atoms with Gasteiger partial charge in [-0.05, 0) is 18.6 Å². The van der Waals surface area contributed by atoms with Crippen LogP contribution in [0, 0.1) is 5.41 Å². The van der Waals surface area contributed by atoms with Gasteiger partial charge in [-0.3, -0.25) is 0 Å². The number of rotatable bonds is 2. The van der Waals surface area contributed by atoms with E-state index in [1.807, 2.05) is 6.07 Å². The van der Waals surface area contributed by atoms with Crippen LogP contribution in [-0.2, 0) is 0 Å². The molecule has 1 aliphatic heterocycles. The second kappa shape index (κ2) is 4.58. The van der Waals surface area contributed by atoms with Crippen molar-refractivity contribution in [1.29, 1.82) is 5.41 Å². The number of hydrogen-bond donors (Lipinski definition) is 2. The highest BCUT2D eigenvalue weighted by Gasteiger charge is 2.13. The summed E-state index contributed by atoms with van der Waals surface area (Å²) in [6, 6.07) is 3.56. The van der Waals surface area contributed by atoms with Crippen LogP contribution in [0.3, 0.4) is 0 Å². The van der Waals surface area contributed by atoms with Gasteiger partial charge in [-0.1, -0.05) is 23.8 Å². The minimum Gasteiger partial charge on any atom is -0.398 e. The zero-order chi connectivity index (χ0) is 11.5. The van der Waals surface area contributed by atoms with E-state index in [2.05, 4.69) is 17.1 Å². The lowest BCUT2D eigenvalue weighted by atomic mass is 10.1. The second-order valence-electron chi connectivity index (χ2n) is 3.78. The van der Waals surface area contributed by atoms with Crippen molar-refractivity contribution >= 4 is 29.2 Å². The van der Waals surface area contributed by atoms with Gasteiger partial charge in [-0.15, -0.1) is 0 Å². The Kier molecular flexibility index (Phi) is 3.15. The molecule has 1 heterocycles. The van der Waals surface area contributed by atoms with E-state index in [1.54, 1.807) is 6.07 Å². The molecule has 16 heavy (non-hydrogen) atoms. The Morgan fingerprint density at radius 1 is 1.38 bits per heavy atom. The molecule has 0 spiro atoms. The molecule has 0 aromatic heterocycles. The van der Waals surface area contributed by atoms with Crippen LogP contribution >= 0.6 is 11.6 Å². The molecule has 0 bridgehead atoms. The number of nitrogen functional groups attached to an aromatic ring is 1. The topological polar surface area (TPSA) is 53.1 Å². The Morgan fingerprint density at radius 2 is 2.19 bits per heavy atom. The van der Waals surface area contributed by atoms with E-state index in [9.17, 15) is 0 Å². The maximum absolute atomic E-state index is 7.42. The molecule has 3 N–H and O–H groups in total. The van der Waals surface area contributed by atoms with Crippen molar-refractivity contribution < 1.29 is 0 Å². The van der Waals surface area contributed by atoms with Crippen molar-refractivity contribution in [3.63, 3.8) is 0 Å². The third-order valence-corrected chi connectivity index (χ3v) is 2.92. The molecule has 0 saturated heterocycles. The van der Waals surface area contributed by atoms with Crippen LogP contribution in [0.4, 0.5) is 11.4 Å².